The maximum atomic E-state index is 12.5. The second kappa shape index (κ2) is 11.8. The fourth-order valence-corrected chi connectivity index (χ4v) is 3.98. The van der Waals surface area contributed by atoms with E-state index in [4.69, 9.17) is 5.11 Å². The summed E-state index contributed by atoms with van der Waals surface area (Å²) in [7, 11) is 1.70. The van der Waals surface area contributed by atoms with Gasteiger partial charge in [-0.05, 0) is 24.6 Å². The van der Waals surface area contributed by atoms with Gasteiger partial charge in [-0.2, -0.15) is 13.1 Å². The summed E-state index contributed by atoms with van der Waals surface area (Å²) in [6.45, 7) is 2.51. The molecule has 0 saturated carbocycles. The molecule has 162 valence electrons. The number of benzene rings is 1. The molecule has 1 aromatic rings. The van der Waals surface area contributed by atoms with Gasteiger partial charge >= 0.3 is 5.97 Å². The SMILES string of the molecule is CCCCCCC#Cc1cccc(NS(=O)(=O)NC(CC(=O)O)C[N+](C)(C)C)c1. The van der Waals surface area contributed by atoms with Crippen molar-refractivity contribution in [1.29, 1.82) is 0 Å². The lowest BCUT2D eigenvalue weighted by Crippen LogP contribution is -2.50. The van der Waals surface area contributed by atoms with E-state index in [-0.39, 0.29) is 6.42 Å². The molecule has 1 atom stereocenters. The molecule has 0 aliphatic heterocycles. The highest BCUT2D eigenvalue weighted by Crippen LogP contribution is 2.12. The lowest BCUT2D eigenvalue weighted by molar-refractivity contribution is -0.871. The van der Waals surface area contributed by atoms with E-state index < -0.39 is 22.2 Å². The molecule has 0 bridgehead atoms. The maximum absolute atomic E-state index is 12.5. The first-order valence-corrected chi connectivity index (χ1v) is 11.4. The molecule has 1 unspecified atom stereocenters. The predicted octanol–water partition coefficient (Wildman–Crippen LogP) is 2.80. The molecule has 0 aromatic heterocycles. The van der Waals surface area contributed by atoms with E-state index in [0.717, 1.165) is 18.4 Å². The number of carboxylic acids is 1. The fraction of sp³-hybridized carbons (Fsp3) is 0.571. The lowest BCUT2D eigenvalue weighted by Gasteiger charge is -2.29. The smallest absolute Gasteiger partial charge is 0.305 e. The molecule has 3 N–H and O–H groups in total. The number of hydrogen-bond acceptors (Lipinski definition) is 3. The minimum absolute atomic E-state index is 0.292. The zero-order chi connectivity index (χ0) is 21.9. The van der Waals surface area contributed by atoms with Crippen molar-refractivity contribution in [2.75, 3.05) is 32.4 Å². The van der Waals surface area contributed by atoms with Crippen LogP contribution in [0.15, 0.2) is 24.3 Å². The second-order valence-electron chi connectivity index (χ2n) is 8.18. The van der Waals surface area contributed by atoms with E-state index in [0.29, 0.717) is 16.7 Å². The van der Waals surface area contributed by atoms with Crippen molar-refractivity contribution in [3.8, 4) is 11.8 Å². The molecule has 0 aliphatic carbocycles. The third-order valence-corrected chi connectivity index (χ3v) is 5.16. The number of aliphatic carboxylic acids is 1. The average molecular weight is 425 g/mol. The number of carbonyl (C=O) groups is 1. The number of nitrogens with zero attached hydrogens (tertiary/aromatic N) is 1. The highest BCUT2D eigenvalue weighted by molar-refractivity contribution is 7.90. The van der Waals surface area contributed by atoms with Crippen LogP contribution in [0.25, 0.3) is 0 Å². The van der Waals surface area contributed by atoms with Gasteiger partial charge in [0.05, 0.1) is 45.8 Å². The Morgan fingerprint density at radius 2 is 1.93 bits per heavy atom. The normalized spacial score (nSPS) is 12.7. The summed E-state index contributed by atoms with van der Waals surface area (Å²) in [6.07, 6.45) is 5.16. The fourth-order valence-electron chi connectivity index (χ4n) is 2.88. The first-order valence-electron chi connectivity index (χ1n) is 9.92. The summed E-state index contributed by atoms with van der Waals surface area (Å²) in [5, 5.41) is 9.08. The topological polar surface area (TPSA) is 95.5 Å². The Bertz CT molecular complexity index is 820. The van der Waals surface area contributed by atoms with Gasteiger partial charge in [0.15, 0.2) is 0 Å². The van der Waals surface area contributed by atoms with Crippen LogP contribution in [0.5, 0.6) is 0 Å². The highest BCUT2D eigenvalue weighted by Gasteiger charge is 2.25. The van der Waals surface area contributed by atoms with Crippen LogP contribution in [0.1, 0.15) is 51.0 Å². The molecule has 0 saturated heterocycles. The molecule has 1 aromatic carbocycles. The zero-order valence-electron chi connectivity index (χ0n) is 17.9. The molecular weight excluding hydrogens is 390 g/mol. The van der Waals surface area contributed by atoms with Crippen LogP contribution in [0.2, 0.25) is 0 Å². The lowest BCUT2D eigenvalue weighted by atomic mass is 10.1. The zero-order valence-corrected chi connectivity index (χ0v) is 18.7. The Morgan fingerprint density at radius 3 is 2.55 bits per heavy atom. The third-order valence-electron chi connectivity index (χ3n) is 4.01. The van der Waals surface area contributed by atoms with Crippen molar-refractivity contribution < 1.29 is 22.8 Å². The van der Waals surface area contributed by atoms with Crippen LogP contribution >= 0.6 is 0 Å². The van der Waals surface area contributed by atoms with Gasteiger partial charge in [-0.15, -0.1) is 0 Å². The Morgan fingerprint density at radius 1 is 1.21 bits per heavy atom. The Hall–Kier alpha value is -2.08. The maximum Gasteiger partial charge on any atom is 0.305 e. The summed E-state index contributed by atoms with van der Waals surface area (Å²) in [5.74, 6) is 5.13. The van der Waals surface area contributed by atoms with Crippen LogP contribution in [-0.2, 0) is 15.0 Å². The molecule has 1 rings (SSSR count). The number of likely N-dealkylation sites (N-methyl/N-ethyl adjacent to an activating group) is 1. The van der Waals surface area contributed by atoms with E-state index in [1.54, 1.807) is 18.2 Å². The number of carboxylic acid groups (broad SMARTS) is 1. The first kappa shape index (κ1) is 25.0. The van der Waals surface area contributed by atoms with Crippen molar-refractivity contribution >= 4 is 21.9 Å². The first-order chi connectivity index (χ1) is 13.5. The van der Waals surface area contributed by atoms with Crippen molar-refractivity contribution in [2.45, 2.75) is 51.5 Å². The summed E-state index contributed by atoms with van der Waals surface area (Å²) < 4.78 is 30.3. The Kier molecular flexibility index (Phi) is 10.2. The van der Waals surface area contributed by atoms with E-state index in [1.165, 1.54) is 19.3 Å². The minimum Gasteiger partial charge on any atom is -0.481 e. The van der Waals surface area contributed by atoms with Crippen LogP contribution in [0.4, 0.5) is 5.69 Å². The molecule has 0 fully saturated rings. The average Bonchev–Trinajstić information content (AvgIpc) is 2.55. The van der Waals surface area contributed by atoms with E-state index in [1.807, 2.05) is 27.2 Å². The predicted molar refractivity (Wildman–Crippen MR) is 117 cm³/mol. The van der Waals surface area contributed by atoms with Gasteiger partial charge in [-0.25, -0.2) is 0 Å². The summed E-state index contributed by atoms with van der Waals surface area (Å²) in [5.41, 5.74) is 1.11. The van der Waals surface area contributed by atoms with Gasteiger partial charge < -0.3 is 9.59 Å². The van der Waals surface area contributed by atoms with Crippen LogP contribution in [0.3, 0.4) is 0 Å². The largest absolute Gasteiger partial charge is 0.481 e. The van der Waals surface area contributed by atoms with Gasteiger partial charge in [-0.3, -0.25) is 9.52 Å². The van der Waals surface area contributed by atoms with Crippen LogP contribution in [-0.4, -0.2) is 57.7 Å². The molecule has 8 heteroatoms. The quantitative estimate of drug-likeness (QED) is 0.273. The standard InChI is InChI=1S/C21H33N3O4S/c1-5-6-7-8-9-10-12-18-13-11-14-19(15-18)22-29(27,28)23-20(16-21(25)26)17-24(2,3)4/h11,13-15,20,22-23H,5-9,16-17H2,1-4H3/p+1. The Balaban J connectivity index is 2.77. The molecule has 7 nitrogen and oxygen atoms in total. The van der Waals surface area contributed by atoms with Gasteiger partial charge in [0.2, 0.25) is 0 Å². The van der Waals surface area contributed by atoms with Gasteiger partial charge in [-0.1, -0.05) is 44.1 Å². The van der Waals surface area contributed by atoms with Crippen molar-refractivity contribution in [2.24, 2.45) is 0 Å². The number of hydrogen-bond donors (Lipinski definition) is 3. The Labute approximate surface area is 175 Å². The van der Waals surface area contributed by atoms with Crippen molar-refractivity contribution in [3.05, 3.63) is 29.8 Å². The monoisotopic (exact) mass is 424 g/mol. The number of unbranched alkanes of at least 4 members (excludes halogenated alkanes) is 4. The number of quaternary nitrogens is 1. The van der Waals surface area contributed by atoms with Crippen LogP contribution in [0, 0.1) is 11.8 Å². The van der Waals surface area contributed by atoms with Crippen molar-refractivity contribution in [3.63, 3.8) is 0 Å². The van der Waals surface area contributed by atoms with Gasteiger partial charge in [0.25, 0.3) is 10.2 Å². The summed E-state index contributed by atoms with van der Waals surface area (Å²) in [4.78, 5) is 11.1. The minimum atomic E-state index is -3.93. The van der Waals surface area contributed by atoms with Gasteiger partial charge in [0.1, 0.15) is 0 Å². The molecule has 0 amide bonds. The summed E-state index contributed by atoms with van der Waals surface area (Å²) >= 11 is 0. The van der Waals surface area contributed by atoms with Gasteiger partial charge in [0, 0.05) is 12.0 Å². The second-order valence-corrected chi connectivity index (χ2v) is 9.63. The number of nitrogens with one attached hydrogen (secondary N) is 2. The molecule has 0 heterocycles. The van der Waals surface area contributed by atoms with Crippen molar-refractivity contribution in [1.82, 2.24) is 4.72 Å². The summed E-state index contributed by atoms with van der Waals surface area (Å²) in [6, 6.07) is 6.15. The molecule has 0 aliphatic rings. The molecular formula is C21H34N3O4S+. The van der Waals surface area contributed by atoms with E-state index in [2.05, 4.69) is 28.2 Å². The number of rotatable bonds is 12. The van der Waals surface area contributed by atoms with E-state index >= 15 is 0 Å². The molecule has 0 radical (unpaired) electrons. The molecule has 29 heavy (non-hydrogen) atoms. The third kappa shape index (κ3) is 12.2. The van der Waals surface area contributed by atoms with Crippen LogP contribution < -0.4 is 9.44 Å². The van der Waals surface area contributed by atoms with E-state index in [9.17, 15) is 13.2 Å². The highest BCUT2D eigenvalue weighted by atomic mass is 32.2. The number of anilines is 1. The molecule has 0 spiro atoms.